The molecule has 0 aliphatic rings. The third-order valence-corrected chi connectivity index (χ3v) is 3.99. The first-order valence-electron chi connectivity index (χ1n) is 7.51. The van der Waals surface area contributed by atoms with E-state index in [0.29, 0.717) is 27.8 Å². The van der Waals surface area contributed by atoms with E-state index in [1.807, 2.05) is 43.3 Å². The summed E-state index contributed by atoms with van der Waals surface area (Å²) in [5, 5.41) is 3.27. The molecule has 4 nitrogen and oxygen atoms in total. The number of para-hydroxylation sites is 1. The molecule has 120 valence electrons. The van der Waals surface area contributed by atoms with Gasteiger partial charge in [-0.2, -0.15) is 0 Å². The number of halogens is 1. The van der Waals surface area contributed by atoms with Gasteiger partial charge < -0.3 is 5.32 Å². The monoisotopic (exact) mass is 337 g/mol. The van der Waals surface area contributed by atoms with Crippen LogP contribution in [0.3, 0.4) is 0 Å². The largest absolute Gasteiger partial charge is 0.321 e. The van der Waals surface area contributed by atoms with Crippen LogP contribution in [-0.2, 0) is 0 Å². The zero-order chi connectivity index (χ0) is 17.1. The van der Waals surface area contributed by atoms with E-state index in [4.69, 9.17) is 11.6 Å². The zero-order valence-corrected chi connectivity index (χ0v) is 14.1. The SMILES string of the molecule is Cc1ccc(-c2ncc(C(=O)Nc3ccccc3Cl)c(C)n2)cc1. The summed E-state index contributed by atoms with van der Waals surface area (Å²) in [4.78, 5) is 21.2. The van der Waals surface area contributed by atoms with Crippen molar-refractivity contribution in [1.82, 2.24) is 9.97 Å². The van der Waals surface area contributed by atoms with E-state index in [2.05, 4.69) is 15.3 Å². The Balaban J connectivity index is 1.86. The molecule has 24 heavy (non-hydrogen) atoms. The molecule has 1 heterocycles. The Morgan fingerprint density at radius 1 is 1.04 bits per heavy atom. The maximum Gasteiger partial charge on any atom is 0.259 e. The van der Waals surface area contributed by atoms with Crippen LogP contribution < -0.4 is 5.32 Å². The van der Waals surface area contributed by atoms with Gasteiger partial charge in [-0.1, -0.05) is 53.6 Å². The van der Waals surface area contributed by atoms with E-state index in [0.717, 1.165) is 5.56 Å². The molecule has 0 fully saturated rings. The number of hydrogen-bond acceptors (Lipinski definition) is 3. The molecule has 2 aromatic carbocycles. The second kappa shape index (κ2) is 6.81. The van der Waals surface area contributed by atoms with Gasteiger partial charge in [0.2, 0.25) is 0 Å². The van der Waals surface area contributed by atoms with Gasteiger partial charge in [0.05, 0.1) is 22.0 Å². The third-order valence-electron chi connectivity index (χ3n) is 3.66. The van der Waals surface area contributed by atoms with Gasteiger partial charge in [0.25, 0.3) is 5.91 Å². The van der Waals surface area contributed by atoms with E-state index in [-0.39, 0.29) is 5.91 Å². The van der Waals surface area contributed by atoms with Gasteiger partial charge in [-0.3, -0.25) is 4.79 Å². The van der Waals surface area contributed by atoms with Crippen molar-refractivity contribution < 1.29 is 4.79 Å². The molecular formula is C19H16ClN3O. The molecule has 1 N–H and O–H groups in total. The molecule has 0 saturated heterocycles. The predicted molar refractivity (Wildman–Crippen MR) is 96.3 cm³/mol. The van der Waals surface area contributed by atoms with Crippen LogP contribution in [0.4, 0.5) is 5.69 Å². The van der Waals surface area contributed by atoms with Crippen molar-refractivity contribution in [1.29, 1.82) is 0 Å². The number of aryl methyl sites for hydroxylation is 2. The van der Waals surface area contributed by atoms with Crippen LogP contribution in [0.2, 0.25) is 5.02 Å². The zero-order valence-electron chi connectivity index (χ0n) is 13.4. The summed E-state index contributed by atoms with van der Waals surface area (Å²) >= 11 is 6.07. The number of amides is 1. The number of nitrogens with one attached hydrogen (secondary N) is 1. The molecule has 5 heteroatoms. The molecule has 0 saturated carbocycles. The van der Waals surface area contributed by atoms with Crippen molar-refractivity contribution in [2.75, 3.05) is 5.32 Å². The van der Waals surface area contributed by atoms with Gasteiger partial charge in [-0.25, -0.2) is 9.97 Å². The molecule has 0 bridgehead atoms. The molecule has 3 aromatic rings. The molecule has 3 rings (SSSR count). The van der Waals surface area contributed by atoms with Crippen molar-refractivity contribution in [2.24, 2.45) is 0 Å². The molecule has 0 aliphatic heterocycles. The lowest BCUT2D eigenvalue weighted by Crippen LogP contribution is -2.15. The highest BCUT2D eigenvalue weighted by molar-refractivity contribution is 6.33. The topological polar surface area (TPSA) is 54.9 Å². The lowest BCUT2D eigenvalue weighted by Gasteiger charge is -2.09. The number of nitrogens with zero attached hydrogens (tertiary/aromatic N) is 2. The average Bonchev–Trinajstić information content (AvgIpc) is 2.57. The molecule has 0 spiro atoms. The molecular weight excluding hydrogens is 322 g/mol. The normalized spacial score (nSPS) is 10.5. The second-order valence-corrected chi connectivity index (χ2v) is 5.90. The smallest absolute Gasteiger partial charge is 0.259 e. The Kier molecular flexibility index (Phi) is 4.58. The van der Waals surface area contributed by atoms with Crippen molar-refractivity contribution in [3.8, 4) is 11.4 Å². The summed E-state index contributed by atoms with van der Waals surface area (Å²) in [6.45, 7) is 3.82. The fourth-order valence-electron chi connectivity index (χ4n) is 2.28. The molecule has 0 atom stereocenters. The van der Waals surface area contributed by atoms with E-state index in [9.17, 15) is 4.79 Å². The average molecular weight is 338 g/mol. The Morgan fingerprint density at radius 3 is 2.42 bits per heavy atom. The van der Waals surface area contributed by atoms with Crippen LogP contribution in [0.1, 0.15) is 21.6 Å². The van der Waals surface area contributed by atoms with Crippen LogP contribution >= 0.6 is 11.6 Å². The maximum atomic E-state index is 12.4. The first-order chi connectivity index (χ1) is 11.5. The number of carbonyl (C=O) groups excluding carboxylic acids is 1. The number of rotatable bonds is 3. The molecule has 0 radical (unpaired) electrons. The van der Waals surface area contributed by atoms with E-state index < -0.39 is 0 Å². The standard InChI is InChI=1S/C19H16ClN3O/c1-12-7-9-14(10-8-12)18-21-11-15(13(2)22-18)19(24)23-17-6-4-3-5-16(17)20/h3-11H,1-2H3,(H,23,24). The summed E-state index contributed by atoms with van der Waals surface area (Å²) in [5.41, 5.74) is 3.69. The highest BCUT2D eigenvalue weighted by Crippen LogP contribution is 2.22. The Bertz CT molecular complexity index is 891. The predicted octanol–water partition coefficient (Wildman–Crippen LogP) is 4.67. The Labute approximate surface area is 145 Å². The lowest BCUT2D eigenvalue weighted by atomic mass is 10.1. The fraction of sp³-hybridized carbons (Fsp3) is 0.105. The molecule has 1 aromatic heterocycles. The molecule has 1 amide bonds. The van der Waals surface area contributed by atoms with Crippen molar-refractivity contribution in [3.05, 3.63) is 76.6 Å². The summed E-state index contributed by atoms with van der Waals surface area (Å²) in [6, 6.07) is 15.0. The minimum absolute atomic E-state index is 0.281. The maximum absolute atomic E-state index is 12.4. The number of aromatic nitrogens is 2. The lowest BCUT2D eigenvalue weighted by molar-refractivity contribution is 0.102. The van der Waals surface area contributed by atoms with Crippen LogP contribution in [0.5, 0.6) is 0 Å². The van der Waals surface area contributed by atoms with E-state index in [1.54, 1.807) is 25.3 Å². The van der Waals surface area contributed by atoms with Crippen LogP contribution in [-0.4, -0.2) is 15.9 Å². The van der Waals surface area contributed by atoms with Crippen molar-refractivity contribution in [3.63, 3.8) is 0 Å². The molecule has 0 unspecified atom stereocenters. The van der Waals surface area contributed by atoms with Crippen molar-refractivity contribution >= 4 is 23.2 Å². The fourth-order valence-corrected chi connectivity index (χ4v) is 2.47. The first kappa shape index (κ1) is 16.1. The Morgan fingerprint density at radius 2 is 1.75 bits per heavy atom. The van der Waals surface area contributed by atoms with E-state index in [1.165, 1.54) is 5.56 Å². The quantitative estimate of drug-likeness (QED) is 0.755. The third kappa shape index (κ3) is 3.44. The number of anilines is 1. The van der Waals surface area contributed by atoms with Gasteiger partial charge >= 0.3 is 0 Å². The summed E-state index contributed by atoms with van der Waals surface area (Å²) in [7, 11) is 0. The second-order valence-electron chi connectivity index (χ2n) is 5.49. The van der Waals surface area contributed by atoms with Gasteiger partial charge in [0.1, 0.15) is 0 Å². The highest BCUT2D eigenvalue weighted by atomic mass is 35.5. The number of hydrogen-bond donors (Lipinski definition) is 1. The van der Waals surface area contributed by atoms with Gasteiger partial charge in [0, 0.05) is 11.8 Å². The Hall–Kier alpha value is -2.72. The summed E-state index contributed by atoms with van der Waals surface area (Å²) in [5.74, 6) is 0.317. The van der Waals surface area contributed by atoms with Crippen LogP contribution in [0.25, 0.3) is 11.4 Å². The van der Waals surface area contributed by atoms with Crippen molar-refractivity contribution in [2.45, 2.75) is 13.8 Å². The number of benzene rings is 2. The number of carbonyl (C=O) groups is 1. The molecule has 0 aliphatic carbocycles. The minimum Gasteiger partial charge on any atom is -0.321 e. The minimum atomic E-state index is -0.281. The van der Waals surface area contributed by atoms with Crippen LogP contribution in [0, 0.1) is 13.8 Å². The first-order valence-corrected chi connectivity index (χ1v) is 7.89. The van der Waals surface area contributed by atoms with Crippen LogP contribution in [0.15, 0.2) is 54.7 Å². The summed E-state index contributed by atoms with van der Waals surface area (Å²) in [6.07, 6.45) is 1.55. The summed E-state index contributed by atoms with van der Waals surface area (Å²) < 4.78 is 0. The highest BCUT2D eigenvalue weighted by Gasteiger charge is 2.14. The van der Waals surface area contributed by atoms with Gasteiger partial charge in [-0.05, 0) is 26.0 Å². The van der Waals surface area contributed by atoms with Gasteiger partial charge in [-0.15, -0.1) is 0 Å². The van der Waals surface area contributed by atoms with Gasteiger partial charge in [0.15, 0.2) is 5.82 Å². The van der Waals surface area contributed by atoms with E-state index >= 15 is 0 Å².